The maximum atomic E-state index is 11.8. The Hall–Kier alpha value is -1.62. The lowest BCUT2D eigenvalue weighted by Gasteiger charge is -2.15. The van der Waals surface area contributed by atoms with Crippen molar-refractivity contribution in [1.82, 2.24) is 5.32 Å². The van der Waals surface area contributed by atoms with Crippen LogP contribution in [0, 0.1) is 0 Å². The first kappa shape index (κ1) is 14.8. The van der Waals surface area contributed by atoms with E-state index in [9.17, 15) is 9.90 Å². The monoisotopic (exact) mass is 307 g/mol. The quantitative estimate of drug-likeness (QED) is 0.833. The molecule has 0 radical (unpaired) electrons. The van der Waals surface area contributed by atoms with Gasteiger partial charge in [0.05, 0.1) is 17.0 Å². The molecule has 2 rings (SSSR count). The van der Waals surface area contributed by atoms with E-state index in [-0.39, 0.29) is 12.5 Å². The third-order valence-corrected chi connectivity index (χ3v) is 3.89. The zero-order valence-corrected chi connectivity index (χ0v) is 12.2. The Morgan fingerprint density at radius 1 is 1.30 bits per heavy atom. The summed E-state index contributed by atoms with van der Waals surface area (Å²) in [6.45, 7) is -0.144. The zero-order valence-electron chi connectivity index (χ0n) is 10.6. The summed E-state index contributed by atoms with van der Waals surface area (Å²) < 4.78 is 0.683. The van der Waals surface area contributed by atoms with Crippen molar-refractivity contribution in [1.29, 1.82) is 0 Å². The molecule has 0 saturated heterocycles. The molecule has 0 bridgehead atoms. The fourth-order valence-electron chi connectivity index (χ4n) is 1.72. The number of aliphatic hydroxyl groups excluding tert-OH is 1. The predicted molar refractivity (Wildman–Crippen MR) is 82.8 cm³/mol. The second-order valence-electron chi connectivity index (χ2n) is 4.13. The molecule has 0 aliphatic heterocycles. The lowest BCUT2D eigenvalue weighted by molar-refractivity contribution is -0.117. The minimum Gasteiger partial charge on any atom is -0.394 e. The number of carbonyl (C=O) groups excluding carboxylic acids is 1. The van der Waals surface area contributed by atoms with Crippen molar-refractivity contribution in [3.8, 4) is 0 Å². The van der Waals surface area contributed by atoms with E-state index in [0.717, 1.165) is 10.4 Å². The molecule has 0 aliphatic rings. The van der Waals surface area contributed by atoms with Crippen LogP contribution in [-0.4, -0.2) is 17.6 Å². The first-order valence-corrected chi connectivity index (χ1v) is 7.28. The van der Waals surface area contributed by atoms with Gasteiger partial charge >= 0.3 is 0 Å². The summed E-state index contributed by atoms with van der Waals surface area (Å²) in [6.07, 6.45) is 3.14. The SMILES string of the molecule is O=C(C=Cc1ccc(Cl)s1)NC(CO)c1ccccc1. The average Bonchev–Trinajstić information content (AvgIpc) is 2.89. The minimum atomic E-state index is -0.403. The van der Waals surface area contributed by atoms with E-state index in [1.807, 2.05) is 36.4 Å². The molecule has 1 aromatic carbocycles. The summed E-state index contributed by atoms with van der Waals surface area (Å²) in [4.78, 5) is 12.7. The summed E-state index contributed by atoms with van der Waals surface area (Å²) >= 11 is 7.21. The van der Waals surface area contributed by atoms with Crippen LogP contribution in [0.3, 0.4) is 0 Å². The second-order valence-corrected chi connectivity index (χ2v) is 5.88. The zero-order chi connectivity index (χ0) is 14.4. The summed E-state index contributed by atoms with van der Waals surface area (Å²) in [5, 5.41) is 12.1. The van der Waals surface area contributed by atoms with E-state index in [4.69, 9.17) is 11.6 Å². The van der Waals surface area contributed by atoms with Crippen LogP contribution in [0.5, 0.6) is 0 Å². The molecule has 1 amide bonds. The van der Waals surface area contributed by atoms with Gasteiger partial charge in [0.15, 0.2) is 0 Å². The van der Waals surface area contributed by atoms with Gasteiger partial charge in [-0.05, 0) is 23.8 Å². The first-order chi connectivity index (χ1) is 9.69. The molecule has 3 nitrogen and oxygen atoms in total. The molecule has 0 saturated carbocycles. The van der Waals surface area contributed by atoms with Crippen LogP contribution in [0.4, 0.5) is 0 Å². The van der Waals surface area contributed by atoms with E-state index in [1.165, 1.54) is 17.4 Å². The summed E-state index contributed by atoms with van der Waals surface area (Å²) in [7, 11) is 0. The van der Waals surface area contributed by atoms with Gasteiger partial charge in [-0.1, -0.05) is 41.9 Å². The average molecular weight is 308 g/mol. The molecule has 1 aromatic heterocycles. The van der Waals surface area contributed by atoms with Crippen molar-refractivity contribution >= 4 is 34.9 Å². The van der Waals surface area contributed by atoms with Crippen LogP contribution < -0.4 is 5.32 Å². The summed E-state index contributed by atoms with van der Waals surface area (Å²) in [6, 6.07) is 12.6. The Bertz CT molecular complexity index is 595. The van der Waals surface area contributed by atoms with Gasteiger partial charge in [0.25, 0.3) is 0 Å². The topological polar surface area (TPSA) is 49.3 Å². The van der Waals surface area contributed by atoms with Crippen molar-refractivity contribution in [3.63, 3.8) is 0 Å². The van der Waals surface area contributed by atoms with Crippen LogP contribution in [-0.2, 0) is 4.79 Å². The van der Waals surface area contributed by atoms with Crippen molar-refractivity contribution in [2.45, 2.75) is 6.04 Å². The van der Waals surface area contributed by atoms with Crippen LogP contribution in [0.1, 0.15) is 16.5 Å². The smallest absolute Gasteiger partial charge is 0.244 e. The number of carbonyl (C=O) groups is 1. The van der Waals surface area contributed by atoms with E-state index in [2.05, 4.69) is 5.32 Å². The third kappa shape index (κ3) is 4.20. The number of hydrogen-bond donors (Lipinski definition) is 2. The van der Waals surface area contributed by atoms with E-state index < -0.39 is 6.04 Å². The number of amides is 1. The molecule has 20 heavy (non-hydrogen) atoms. The molecule has 5 heteroatoms. The second kappa shape index (κ2) is 7.24. The van der Waals surface area contributed by atoms with Crippen molar-refractivity contribution in [2.24, 2.45) is 0 Å². The van der Waals surface area contributed by atoms with Gasteiger partial charge in [-0.15, -0.1) is 11.3 Å². The first-order valence-electron chi connectivity index (χ1n) is 6.09. The van der Waals surface area contributed by atoms with Crippen molar-refractivity contribution < 1.29 is 9.90 Å². The van der Waals surface area contributed by atoms with Gasteiger partial charge in [0, 0.05) is 11.0 Å². The molecule has 2 aromatic rings. The fourth-order valence-corrected chi connectivity index (χ4v) is 2.68. The molecular formula is C15H14ClNO2S. The lowest BCUT2D eigenvalue weighted by Crippen LogP contribution is -2.29. The Labute approximate surface area is 126 Å². The molecule has 1 heterocycles. The van der Waals surface area contributed by atoms with E-state index in [0.29, 0.717) is 4.34 Å². The normalized spacial score (nSPS) is 12.5. The highest BCUT2D eigenvalue weighted by molar-refractivity contribution is 7.17. The molecule has 0 aliphatic carbocycles. The number of thiophene rings is 1. The Morgan fingerprint density at radius 2 is 2.05 bits per heavy atom. The molecule has 1 atom stereocenters. The van der Waals surface area contributed by atoms with Gasteiger partial charge in [0.1, 0.15) is 0 Å². The summed E-state index contributed by atoms with van der Waals surface area (Å²) in [5.41, 5.74) is 0.871. The highest BCUT2D eigenvalue weighted by Crippen LogP contribution is 2.22. The Morgan fingerprint density at radius 3 is 2.65 bits per heavy atom. The molecule has 0 spiro atoms. The van der Waals surface area contributed by atoms with Gasteiger partial charge in [0.2, 0.25) is 5.91 Å². The third-order valence-electron chi connectivity index (χ3n) is 2.69. The maximum Gasteiger partial charge on any atom is 0.244 e. The van der Waals surface area contributed by atoms with Crippen LogP contribution in [0.2, 0.25) is 4.34 Å². The predicted octanol–water partition coefficient (Wildman–Crippen LogP) is 3.26. The minimum absolute atomic E-state index is 0.144. The molecule has 104 valence electrons. The van der Waals surface area contributed by atoms with E-state index >= 15 is 0 Å². The number of hydrogen-bond acceptors (Lipinski definition) is 3. The standard InChI is InChI=1S/C15H14ClNO2S/c16-14-8-6-12(20-14)7-9-15(19)17-13(10-18)11-4-2-1-3-5-11/h1-9,13,18H,10H2,(H,17,19). The van der Waals surface area contributed by atoms with Crippen LogP contribution in [0.15, 0.2) is 48.5 Å². The molecule has 1 unspecified atom stereocenters. The number of halogens is 1. The maximum absolute atomic E-state index is 11.8. The Kier molecular flexibility index (Phi) is 5.35. The van der Waals surface area contributed by atoms with E-state index in [1.54, 1.807) is 12.1 Å². The van der Waals surface area contributed by atoms with Crippen molar-refractivity contribution in [2.75, 3.05) is 6.61 Å². The fraction of sp³-hybridized carbons (Fsp3) is 0.133. The van der Waals surface area contributed by atoms with Gasteiger partial charge < -0.3 is 10.4 Å². The van der Waals surface area contributed by atoms with Gasteiger partial charge in [-0.2, -0.15) is 0 Å². The highest BCUT2D eigenvalue weighted by Gasteiger charge is 2.11. The summed E-state index contributed by atoms with van der Waals surface area (Å²) in [5.74, 6) is -0.252. The molecule has 0 fully saturated rings. The lowest BCUT2D eigenvalue weighted by atomic mass is 10.1. The van der Waals surface area contributed by atoms with Crippen LogP contribution >= 0.6 is 22.9 Å². The van der Waals surface area contributed by atoms with Gasteiger partial charge in [-0.25, -0.2) is 0 Å². The van der Waals surface area contributed by atoms with Gasteiger partial charge in [-0.3, -0.25) is 4.79 Å². The Balaban J connectivity index is 1.98. The highest BCUT2D eigenvalue weighted by atomic mass is 35.5. The number of nitrogens with one attached hydrogen (secondary N) is 1. The molecular weight excluding hydrogens is 294 g/mol. The van der Waals surface area contributed by atoms with Crippen LogP contribution in [0.25, 0.3) is 6.08 Å². The number of aliphatic hydroxyl groups is 1. The number of benzene rings is 1. The molecule has 2 N–H and O–H groups in total. The number of rotatable bonds is 5. The van der Waals surface area contributed by atoms with Crippen molar-refractivity contribution in [3.05, 3.63) is 63.3 Å². The largest absolute Gasteiger partial charge is 0.394 e.